The van der Waals surface area contributed by atoms with Gasteiger partial charge in [-0.05, 0) is 33.8 Å². The van der Waals surface area contributed by atoms with Crippen LogP contribution >= 0.6 is 0 Å². The maximum atomic E-state index is 13.6. The number of amides is 1. The van der Waals surface area contributed by atoms with Crippen LogP contribution in [0.4, 0.5) is 13.6 Å². The van der Waals surface area contributed by atoms with Crippen molar-refractivity contribution in [1.82, 2.24) is 5.32 Å². The third-order valence-corrected chi connectivity index (χ3v) is 2.53. The van der Waals surface area contributed by atoms with Gasteiger partial charge in [-0.15, -0.1) is 0 Å². The molecule has 0 aliphatic carbocycles. The van der Waals surface area contributed by atoms with Gasteiger partial charge in [-0.3, -0.25) is 4.79 Å². The lowest BCUT2D eigenvalue weighted by Gasteiger charge is -2.19. The number of hydrogen-bond donors (Lipinski definition) is 1. The van der Waals surface area contributed by atoms with E-state index >= 15 is 0 Å². The molecular formula is C16H19F2NO3. The minimum absolute atomic E-state index is 0.0672. The number of ketones is 1. The molecule has 4 nitrogen and oxygen atoms in total. The normalized spacial score (nSPS) is 11.5. The van der Waals surface area contributed by atoms with E-state index in [1.165, 1.54) is 19.1 Å². The Labute approximate surface area is 128 Å². The zero-order valence-corrected chi connectivity index (χ0v) is 13.0. The molecule has 0 heterocycles. The number of nitrogens with one attached hydrogen (secondary N) is 1. The van der Waals surface area contributed by atoms with Gasteiger partial charge in [-0.2, -0.15) is 0 Å². The van der Waals surface area contributed by atoms with Gasteiger partial charge in [0.2, 0.25) is 0 Å². The van der Waals surface area contributed by atoms with E-state index in [0.29, 0.717) is 6.07 Å². The number of hydrogen-bond acceptors (Lipinski definition) is 3. The summed E-state index contributed by atoms with van der Waals surface area (Å²) in [7, 11) is 0. The van der Waals surface area contributed by atoms with E-state index < -0.39 is 29.1 Å². The highest BCUT2D eigenvalue weighted by Gasteiger charge is 2.15. The van der Waals surface area contributed by atoms with Crippen LogP contribution in [-0.4, -0.2) is 24.0 Å². The molecule has 1 amide bonds. The Balaban J connectivity index is 2.69. The summed E-state index contributed by atoms with van der Waals surface area (Å²) in [6.07, 6.45) is 2.24. The number of carbonyl (C=O) groups excluding carboxylic acids is 2. The number of benzene rings is 1. The fourth-order valence-corrected chi connectivity index (χ4v) is 1.61. The second-order valence-electron chi connectivity index (χ2n) is 5.69. The van der Waals surface area contributed by atoms with Gasteiger partial charge >= 0.3 is 6.09 Å². The van der Waals surface area contributed by atoms with Crippen LogP contribution in [0, 0.1) is 11.6 Å². The molecule has 1 aromatic rings. The van der Waals surface area contributed by atoms with E-state index in [4.69, 9.17) is 4.74 Å². The SMILES string of the molecule is CC(=O)c1cc(C=CCNC(=O)OC(C)(C)C)c(F)cc1F. The Morgan fingerprint density at radius 2 is 1.86 bits per heavy atom. The van der Waals surface area contributed by atoms with Gasteiger partial charge in [0.25, 0.3) is 0 Å². The van der Waals surface area contributed by atoms with Gasteiger partial charge in [0, 0.05) is 18.2 Å². The van der Waals surface area contributed by atoms with E-state index in [-0.39, 0.29) is 17.7 Å². The Kier molecular flexibility index (Phi) is 5.79. The first kappa shape index (κ1) is 17.8. The van der Waals surface area contributed by atoms with Gasteiger partial charge in [-0.25, -0.2) is 13.6 Å². The van der Waals surface area contributed by atoms with Gasteiger partial charge in [0.15, 0.2) is 5.78 Å². The predicted molar refractivity (Wildman–Crippen MR) is 79.6 cm³/mol. The average molecular weight is 311 g/mol. The Bertz CT molecular complexity index is 604. The summed E-state index contributed by atoms with van der Waals surface area (Å²) in [4.78, 5) is 22.6. The molecule has 120 valence electrons. The lowest BCUT2D eigenvalue weighted by molar-refractivity contribution is 0.0534. The third-order valence-electron chi connectivity index (χ3n) is 2.53. The zero-order chi connectivity index (χ0) is 16.9. The van der Waals surface area contributed by atoms with Crippen molar-refractivity contribution in [2.45, 2.75) is 33.3 Å². The van der Waals surface area contributed by atoms with Crippen LogP contribution in [-0.2, 0) is 4.74 Å². The van der Waals surface area contributed by atoms with E-state index in [1.807, 2.05) is 0 Å². The monoisotopic (exact) mass is 311 g/mol. The van der Waals surface area contributed by atoms with Crippen LogP contribution in [0.2, 0.25) is 0 Å². The van der Waals surface area contributed by atoms with Crippen LogP contribution in [0.15, 0.2) is 18.2 Å². The van der Waals surface area contributed by atoms with Crippen LogP contribution < -0.4 is 5.32 Å². The molecule has 0 saturated carbocycles. The number of rotatable bonds is 4. The van der Waals surface area contributed by atoms with Crippen molar-refractivity contribution in [3.63, 3.8) is 0 Å². The second-order valence-corrected chi connectivity index (χ2v) is 5.69. The van der Waals surface area contributed by atoms with Crippen LogP contribution in [0.1, 0.15) is 43.6 Å². The highest BCUT2D eigenvalue weighted by Crippen LogP contribution is 2.17. The second kappa shape index (κ2) is 7.15. The van der Waals surface area contributed by atoms with E-state index in [1.54, 1.807) is 20.8 Å². The van der Waals surface area contributed by atoms with Crippen molar-refractivity contribution >= 4 is 18.0 Å². The highest BCUT2D eigenvalue weighted by molar-refractivity contribution is 5.94. The summed E-state index contributed by atoms with van der Waals surface area (Å²) < 4.78 is 32.0. The quantitative estimate of drug-likeness (QED) is 0.863. The molecule has 0 atom stereocenters. The zero-order valence-electron chi connectivity index (χ0n) is 13.0. The summed E-state index contributed by atoms with van der Waals surface area (Å²) in [5.41, 5.74) is -0.716. The summed E-state index contributed by atoms with van der Waals surface area (Å²) in [5.74, 6) is -2.16. The molecule has 0 bridgehead atoms. The minimum atomic E-state index is -0.894. The first-order valence-corrected chi connectivity index (χ1v) is 6.73. The number of carbonyl (C=O) groups is 2. The molecule has 1 aromatic carbocycles. The van der Waals surface area contributed by atoms with Crippen molar-refractivity contribution in [2.75, 3.05) is 6.54 Å². The number of halogens is 2. The molecule has 0 unspecified atom stereocenters. The fraction of sp³-hybridized carbons (Fsp3) is 0.375. The summed E-state index contributed by atoms with van der Waals surface area (Å²) in [5, 5.41) is 2.47. The molecule has 6 heteroatoms. The topological polar surface area (TPSA) is 55.4 Å². The third kappa shape index (κ3) is 5.63. The highest BCUT2D eigenvalue weighted by atomic mass is 19.1. The average Bonchev–Trinajstić information content (AvgIpc) is 2.33. The largest absolute Gasteiger partial charge is 0.444 e. The molecule has 0 fully saturated rings. The summed E-state index contributed by atoms with van der Waals surface area (Å²) in [6, 6.07) is 1.80. The maximum absolute atomic E-state index is 13.6. The molecule has 1 rings (SSSR count). The number of Topliss-reactive ketones (excluding diaryl/α,β-unsaturated/α-hetero) is 1. The van der Waals surface area contributed by atoms with Gasteiger partial charge < -0.3 is 10.1 Å². The van der Waals surface area contributed by atoms with Gasteiger partial charge in [0.05, 0.1) is 5.56 Å². The minimum Gasteiger partial charge on any atom is -0.444 e. The van der Waals surface area contributed by atoms with Crippen LogP contribution in [0.3, 0.4) is 0 Å². The standard InChI is InChI=1S/C16H19F2NO3/c1-10(20)12-8-11(13(17)9-14(12)18)6-5-7-19-15(21)22-16(2,3)4/h5-6,8-9H,7H2,1-4H3,(H,19,21). The summed E-state index contributed by atoms with van der Waals surface area (Å²) in [6.45, 7) is 6.52. The van der Waals surface area contributed by atoms with Crippen LogP contribution in [0.5, 0.6) is 0 Å². The smallest absolute Gasteiger partial charge is 0.407 e. The molecular weight excluding hydrogens is 292 g/mol. The van der Waals surface area contributed by atoms with Crippen LogP contribution in [0.25, 0.3) is 6.08 Å². The molecule has 1 N–H and O–H groups in total. The predicted octanol–water partition coefficient (Wildman–Crippen LogP) is 3.71. The molecule has 0 aromatic heterocycles. The van der Waals surface area contributed by atoms with Crippen molar-refractivity contribution in [3.05, 3.63) is 41.0 Å². The lowest BCUT2D eigenvalue weighted by atomic mass is 10.1. The molecule has 0 radical (unpaired) electrons. The first-order chi connectivity index (χ1) is 10.1. The van der Waals surface area contributed by atoms with Gasteiger partial charge in [0.1, 0.15) is 17.2 Å². The Hall–Kier alpha value is -2.24. The van der Waals surface area contributed by atoms with Crippen molar-refractivity contribution in [2.24, 2.45) is 0 Å². The fourth-order valence-electron chi connectivity index (χ4n) is 1.61. The van der Waals surface area contributed by atoms with Crippen molar-refractivity contribution < 1.29 is 23.1 Å². The van der Waals surface area contributed by atoms with E-state index in [2.05, 4.69) is 5.32 Å². The van der Waals surface area contributed by atoms with E-state index in [9.17, 15) is 18.4 Å². The summed E-state index contributed by atoms with van der Waals surface area (Å²) >= 11 is 0. The number of ether oxygens (including phenoxy) is 1. The Morgan fingerprint density at radius 1 is 1.23 bits per heavy atom. The number of alkyl carbamates (subject to hydrolysis) is 1. The van der Waals surface area contributed by atoms with E-state index in [0.717, 1.165) is 6.07 Å². The molecule has 22 heavy (non-hydrogen) atoms. The van der Waals surface area contributed by atoms with Crippen molar-refractivity contribution in [3.8, 4) is 0 Å². The Morgan fingerprint density at radius 3 is 2.41 bits per heavy atom. The molecule has 0 aliphatic rings. The first-order valence-electron chi connectivity index (χ1n) is 6.73. The van der Waals surface area contributed by atoms with Crippen molar-refractivity contribution in [1.29, 1.82) is 0 Å². The molecule has 0 saturated heterocycles. The van der Waals surface area contributed by atoms with Gasteiger partial charge in [-0.1, -0.05) is 12.2 Å². The molecule has 0 aliphatic heterocycles. The maximum Gasteiger partial charge on any atom is 0.407 e. The molecule has 0 spiro atoms. The lowest BCUT2D eigenvalue weighted by Crippen LogP contribution is -2.32.